The maximum atomic E-state index is 11.5. The van der Waals surface area contributed by atoms with Gasteiger partial charge >= 0.3 is 0 Å². The molecule has 1 aliphatic carbocycles. The standard InChI is InChI=1S/C11H13NO/c1-6-5-8-3-4-9(13)10(8)7(2)11(6)12/h5H,3-4,12H2,1-2H3. The third kappa shape index (κ3) is 1.05. The first kappa shape index (κ1) is 8.30. The first-order valence-corrected chi connectivity index (χ1v) is 4.53. The Labute approximate surface area is 77.8 Å². The quantitative estimate of drug-likeness (QED) is 0.613. The smallest absolute Gasteiger partial charge is 0.163 e. The Morgan fingerprint density at radius 2 is 2.00 bits per heavy atom. The van der Waals surface area contributed by atoms with Crippen LogP contribution in [-0.2, 0) is 6.42 Å². The predicted octanol–water partition coefficient (Wildman–Crippen LogP) is 2.01. The molecule has 0 fully saturated rings. The lowest BCUT2D eigenvalue weighted by Crippen LogP contribution is -2.02. The van der Waals surface area contributed by atoms with Gasteiger partial charge in [0.2, 0.25) is 0 Å². The first-order chi connectivity index (χ1) is 6.11. The van der Waals surface area contributed by atoms with E-state index in [0.29, 0.717) is 6.42 Å². The topological polar surface area (TPSA) is 43.1 Å². The molecule has 0 radical (unpaired) electrons. The number of ketones is 1. The highest BCUT2D eigenvalue weighted by Crippen LogP contribution is 2.30. The Morgan fingerprint density at radius 1 is 1.31 bits per heavy atom. The fourth-order valence-corrected chi connectivity index (χ4v) is 2.04. The Balaban J connectivity index is 2.75. The van der Waals surface area contributed by atoms with Crippen molar-refractivity contribution in [2.75, 3.05) is 5.73 Å². The van der Waals surface area contributed by atoms with E-state index in [0.717, 1.165) is 28.8 Å². The zero-order valence-electron chi connectivity index (χ0n) is 7.98. The molecule has 0 saturated heterocycles. The molecular formula is C11H13NO. The molecule has 68 valence electrons. The number of hydrogen-bond acceptors (Lipinski definition) is 2. The van der Waals surface area contributed by atoms with Crippen molar-refractivity contribution in [1.82, 2.24) is 0 Å². The SMILES string of the molecule is Cc1cc2c(c(C)c1N)C(=O)CC2. The van der Waals surface area contributed by atoms with Gasteiger partial charge in [-0.05, 0) is 37.0 Å². The summed E-state index contributed by atoms with van der Waals surface area (Å²) in [7, 11) is 0. The van der Waals surface area contributed by atoms with Crippen LogP contribution in [0.3, 0.4) is 0 Å². The number of anilines is 1. The molecule has 2 nitrogen and oxygen atoms in total. The largest absolute Gasteiger partial charge is 0.398 e. The van der Waals surface area contributed by atoms with E-state index in [1.807, 2.05) is 19.9 Å². The first-order valence-electron chi connectivity index (χ1n) is 4.53. The van der Waals surface area contributed by atoms with Gasteiger partial charge in [0.15, 0.2) is 5.78 Å². The zero-order chi connectivity index (χ0) is 9.59. The van der Waals surface area contributed by atoms with Crippen LogP contribution in [0.2, 0.25) is 0 Å². The van der Waals surface area contributed by atoms with Crippen LogP contribution in [0.1, 0.15) is 33.5 Å². The molecule has 0 bridgehead atoms. The van der Waals surface area contributed by atoms with E-state index in [4.69, 9.17) is 5.73 Å². The Hall–Kier alpha value is -1.31. The molecular weight excluding hydrogens is 162 g/mol. The van der Waals surface area contributed by atoms with Crippen molar-refractivity contribution in [3.8, 4) is 0 Å². The van der Waals surface area contributed by atoms with E-state index in [1.165, 1.54) is 5.56 Å². The maximum absolute atomic E-state index is 11.5. The third-order valence-electron chi connectivity index (χ3n) is 2.82. The Bertz CT molecular complexity index is 394. The highest BCUT2D eigenvalue weighted by Gasteiger charge is 2.23. The van der Waals surface area contributed by atoms with E-state index < -0.39 is 0 Å². The van der Waals surface area contributed by atoms with Gasteiger partial charge in [-0.3, -0.25) is 4.79 Å². The van der Waals surface area contributed by atoms with Gasteiger partial charge in [0.1, 0.15) is 0 Å². The molecule has 2 rings (SSSR count). The van der Waals surface area contributed by atoms with E-state index in [9.17, 15) is 4.79 Å². The molecule has 0 spiro atoms. The molecule has 0 aliphatic heterocycles. The highest BCUT2D eigenvalue weighted by atomic mass is 16.1. The molecule has 2 heteroatoms. The summed E-state index contributed by atoms with van der Waals surface area (Å²) in [6.07, 6.45) is 1.54. The number of nitrogen functional groups attached to an aromatic ring is 1. The van der Waals surface area contributed by atoms with Gasteiger partial charge in [-0.25, -0.2) is 0 Å². The Kier molecular flexibility index (Phi) is 1.65. The number of carbonyl (C=O) groups excluding carboxylic acids is 1. The number of rotatable bonds is 0. The summed E-state index contributed by atoms with van der Waals surface area (Å²) in [4.78, 5) is 11.5. The van der Waals surface area contributed by atoms with E-state index in [1.54, 1.807) is 0 Å². The average molecular weight is 175 g/mol. The summed E-state index contributed by atoms with van der Waals surface area (Å²) < 4.78 is 0. The predicted molar refractivity (Wildman–Crippen MR) is 53.0 cm³/mol. The van der Waals surface area contributed by atoms with Crippen molar-refractivity contribution in [2.45, 2.75) is 26.7 Å². The van der Waals surface area contributed by atoms with Gasteiger partial charge in [0.25, 0.3) is 0 Å². The lowest BCUT2D eigenvalue weighted by Gasteiger charge is -2.09. The highest BCUT2D eigenvalue weighted by molar-refractivity contribution is 6.03. The summed E-state index contributed by atoms with van der Waals surface area (Å²) in [6.45, 7) is 3.93. The van der Waals surface area contributed by atoms with Crippen molar-refractivity contribution in [3.63, 3.8) is 0 Å². The molecule has 0 saturated carbocycles. The van der Waals surface area contributed by atoms with Crippen molar-refractivity contribution >= 4 is 11.5 Å². The van der Waals surface area contributed by atoms with Crippen LogP contribution >= 0.6 is 0 Å². The van der Waals surface area contributed by atoms with Crippen LogP contribution in [-0.4, -0.2) is 5.78 Å². The van der Waals surface area contributed by atoms with Gasteiger partial charge in [-0.1, -0.05) is 6.07 Å². The molecule has 13 heavy (non-hydrogen) atoms. The van der Waals surface area contributed by atoms with Crippen LogP contribution in [0, 0.1) is 13.8 Å². The minimum atomic E-state index is 0.249. The molecule has 1 aliphatic rings. The van der Waals surface area contributed by atoms with Gasteiger partial charge in [0, 0.05) is 17.7 Å². The number of hydrogen-bond donors (Lipinski definition) is 1. The number of Topliss-reactive ketones (excluding diaryl/α,β-unsaturated/α-hetero) is 1. The number of benzene rings is 1. The summed E-state index contributed by atoms with van der Waals surface area (Å²) in [5.41, 5.74) is 10.7. The van der Waals surface area contributed by atoms with Crippen molar-refractivity contribution < 1.29 is 4.79 Å². The summed E-state index contributed by atoms with van der Waals surface area (Å²) in [5.74, 6) is 0.249. The average Bonchev–Trinajstić information content (AvgIpc) is 2.43. The fourth-order valence-electron chi connectivity index (χ4n) is 2.04. The third-order valence-corrected chi connectivity index (χ3v) is 2.82. The van der Waals surface area contributed by atoms with Crippen LogP contribution in [0.15, 0.2) is 6.07 Å². The van der Waals surface area contributed by atoms with Gasteiger partial charge in [-0.15, -0.1) is 0 Å². The Morgan fingerprint density at radius 3 is 2.69 bits per heavy atom. The van der Waals surface area contributed by atoms with E-state index in [-0.39, 0.29) is 5.78 Å². The van der Waals surface area contributed by atoms with Gasteiger partial charge in [-0.2, -0.15) is 0 Å². The fraction of sp³-hybridized carbons (Fsp3) is 0.364. The van der Waals surface area contributed by atoms with Gasteiger partial charge in [0.05, 0.1) is 0 Å². The van der Waals surface area contributed by atoms with E-state index in [2.05, 4.69) is 0 Å². The summed E-state index contributed by atoms with van der Waals surface area (Å²) >= 11 is 0. The van der Waals surface area contributed by atoms with Crippen LogP contribution in [0.5, 0.6) is 0 Å². The second-order valence-electron chi connectivity index (χ2n) is 3.69. The van der Waals surface area contributed by atoms with Crippen LogP contribution < -0.4 is 5.73 Å². The molecule has 2 N–H and O–H groups in total. The van der Waals surface area contributed by atoms with Gasteiger partial charge < -0.3 is 5.73 Å². The number of nitrogens with two attached hydrogens (primary N) is 1. The number of fused-ring (bicyclic) bond motifs is 1. The minimum absolute atomic E-state index is 0.249. The minimum Gasteiger partial charge on any atom is -0.398 e. The monoisotopic (exact) mass is 175 g/mol. The second-order valence-corrected chi connectivity index (χ2v) is 3.69. The zero-order valence-corrected chi connectivity index (χ0v) is 7.98. The molecule has 0 heterocycles. The summed E-state index contributed by atoms with van der Waals surface area (Å²) in [5, 5.41) is 0. The molecule has 0 amide bonds. The van der Waals surface area contributed by atoms with Crippen LogP contribution in [0.4, 0.5) is 5.69 Å². The van der Waals surface area contributed by atoms with Crippen LogP contribution in [0.25, 0.3) is 0 Å². The lowest BCUT2D eigenvalue weighted by atomic mass is 9.98. The molecule has 0 atom stereocenters. The number of aryl methyl sites for hydroxylation is 2. The number of carbonyl (C=O) groups is 1. The molecule has 1 aromatic rings. The molecule has 0 unspecified atom stereocenters. The molecule has 0 aromatic heterocycles. The van der Waals surface area contributed by atoms with E-state index >= 15 is 0 Å². The van der Waals surface area contributed by atoms with Crippen molar-refractivity contribution in [1.29, 1.82) is 0 Å². The molecule has 1 aromatic carbocycles. The van der Waals surface area contributed by atoms with Crippen molar-refractivity contribution in [2.24, 2.45) is 0 Å². The van der Waals surface area contributed by atoms with Crippen molar-refractivity contribution in [3.05, 3.63) is 28.3 Å². The maximum Gasteiger partial charge on any atom is 0.163 e. The second kappa shape index (κ2) is 2.59. The summed E-state index contributed by atoms with van der Waals surface area (Å²) in [6, 6.07) is 2.04. The normalized spacial score (nSPS) is 14.8. The lowest BCUT2D eigenvalue weighted by molar-refractivity contribution is 0.0994.